The first kappa shape index (κ1) is 20.7. The molecule has 1 fully saturated rings. The summed E-state index contributed by atoms with van der Waals surface area (Å²) in [6.45, 7) is 2.38. The molecule has 2 aromatic rings. The topological polar surface area (TPSA) is 67.9 Å². The van der Waals surface area contributed by atoms with Crippen molar-refractivity contribution in [3.63, 3.8) is 0 Å². The minimum absolute atomic E-state index is 0.0311. The van der Waals surface area contributed by atoms with Crippen LogP contribution in [0.15, 0.2) is 47.4 Å². The molecule has 1 aliphatic heterocycles. The molecule has 9 heteroatoms. The van der Waals surface area contributed by atoms with E-state index >= 15 is 0 Å². The van der Waals surface area contributed by atoms with Crippen molar-refractivity contribution in [1.29, 1.82) is 0 Å². The fourth-order valence-corrected chi connectivity index (χ4v) is 4.17. The van der Waals surface area contributed by atoms with E-state index in [-0.39, 0.29) is 29.0 Å². The number of rotatable bonds is 7. The average Bonchev–Trinajstić information content (AvgIpc) is 2.70. The molecule has 0 amide bonds. The predicted molar refractivity (Wildman–Crippen MR) is 99.7 cm³/mol. The molecule has 1 N–H and O–H groups in total. The van der Waals surface area contributed by atoms with E-state index in [9.17, 15) is 17.2 Å². The molecule has 1 aliphatic rings. The summed E-state index contributed by atoms with van der Waals surface area (Å²) in [5.74, 6) is -1.15. The highest BCUT2D eigenvalue weighted by Crippen LogP contribution is 2.24. The van der Waals surface area contributed by atoms with Gasteiger partial charge in [0.15, 0.2) is 11.6 Å². The molecular formula is C19H22F2N2O4S. The molecule has 1 unspecified atom stereocenters. The highest BCUT2D eigenvalue weighted by molar-refractivity contribution is 7.89. The van der Waals surface area contributed by atoms with Crippen LogP contribution in [0.25, 0.3) is 0 Å². The van der Waals surface area contributed by atoms with Crippen LogP contribution in [-0.4, -0.2) is 53.3 Å². The summed E-state index contributed by atoms with van der Waals surface area (Å²) in [5.41, 5.74) is 0.784. The number of morpholine rings is 1. The van der Waals surface area contributed by atoms with Crippen LogP contribution in [0.1, 0.15) is 11.6 Å². The normalized spacial score (nSPS) is 16.7. The van der Waals surface area contributed by atoms with Crippen LogP contribution in [0.3, 0.4) is 0 Å². The van der Waals surface area contributed by atoms with Gasteiger partial charge in [-0.3, -0.25) is 4.90 Å². The van der Waals surface area contributed by atoms with Gasteiger partial charge in [0.25, 0.3) is 0 Å². The molecule has 0 radical (unpaired) electrons. The van der Waals surface area contributed by atoms with Gasteiger partial charge in [-0.1, -0.05) is 12.1 Å². The molecule has 1 saturated heterocycles. The van der Waals surface area contributed by atoms with Crippen LogP contribution >= 0.6 is 0 Å². The number of hydrogen-bond donors (Lipinski definition) is 1. The Morgan fingerprint density at radius 2 is 1.82 bits per heavy atom. The first-order valence-corrected chi connectivity index (χ1v) is 10.3. The summed E-state index contributed by atoms with van der Waals surface area (Å²) in [4.78, 5) is 1.89. The first-order valence-electron chi connectivity index (χ1n) is 8.81. The summed E-state index contributed by atoms with van der Waals surface area (Å²) >= 11 is 0. The summed E-state index contributed by atoms with van der Waals surface area (Å²) < 4.78 is 65.2. The van der Waals surface area contributed by atoms with E-state index in [1.807, 2.05) is 0 Å². The fraction of sp³-hybridized carbons (Fsp3) is 0.368. The minimum Gasteiger partial charge on any atom is -0.494 e. The van der Waals surface area contributed by atoms with Gasteiger partial charge in [-0.25, -0.2) is 21.9 Å². The van der Waals surface area contributed by atoms with Crippen LogP contribution in [0.5, 0.6) is 5.75 Å². The Labute approximate surface area is 163 Å². The van der Waals surface area contributed by atoms with Gasteiger partial charge in [-0.2, -0.15) is 0 Å². The van der Waals surface area contributed by atoms with Crippen LogP contribution in [0, 0.1) is 11.6 Å². The highest BCUT2D eigenvalue weighted by atomic mass is 32.2. The highest BCUT2D eigenvalue weighted by Gasteiger charge is 2.25. The maximum atomic E-state index is 13.9. The van der Waals surface area contributed by atoms with Crippen LogP contribution in [-0.2, 0) is 14.8 Å². The third-order valence-corrected chi connectivity index (χ3v) is 6.06. The molecule has 0 spiro atoms. The van der Waals surface area contributed by atoms with Crippen LogP contribution in [0.2, 0.25) is 0 Å². The average molecular weight is 412 g/mol. The third kappa shape index (κ3) is 4.85. The second kappa shape index (κ2) is 8.95. The van der Waals surface area contributed by atoms with E-state index in [4.69, 9.17) is 9.47 Å². The molecule has 1 atom stereocenters. The van der Waals surface area contributed by atoms with Gasteiger partial charge in [0, 0.05) is 25.7 Å². The number of halogens is 2. The van der Waals surface area contributed by atoms with E-state index in [2.05, 4.69) is 9.62 Å². The second-order valence-electron chi connectivity index (χ2n) is 6.36. The van der Waals surface area contributed by atoms with Crippen LogP contribution < -0.4 is 9.46 Å². The van der Waals surface area contributed by atoms with Gasteiger partial charge in [0.2, 0.25) is 10.0 Å². The van der Waals surface area contributed by atoms with Crippen molar-refractivity contribution in [2.24, 2.45) is 0 Å². The zero-order valence-electron chi connectivity index (χ0n) is 15.4. The Morgan fingerprint density at radius 3 is 2.43 bits per heavy atom. The first-order chi connectivity index (χ1) is 13.4. The summed E-state index contributed by atoms with van der Waals surface area (Å²) in [7, 11) is -2.63. The standard InChI is InChI=1S/C19H22F2N2O4S/c1-26-19-7-6-16(12-17(19)21)28(24,25)22-13-18(23-8-10-27-11-9-23)14-2-4-15(20)5-3-14/h2-7,12,18,22H,8-11,13H2,1H3. The van der Waals surface area contributed by atoms with Crippen molar-refractivity contribution in [2.45, 2.75) is 10.9 Å². The molecule has 0 aliphatic carbocycles. The smallest absolute Gasteiger partial charge is 0.240 e. The summed E-state index contributed by atoms with van der Waals surface area (Å²) in [5, 5.41) is 0. The largest absolute Gasteiger partial charge is 0.494 e. The lowest BCUT2D eigenvalue weighted by atomic mass is 10.0. The Balaban J connectivity index is 1.80. The zero-order chi connectivity index (χ0) is 20.1. The number of sulfonamides is 1. The Bertz CT molecular complexity index is 901. The van der Waals surface area contributed by atoms with E-state index in [1.54, 1.807) is 12.1 Å². The van der Waals surface area contributed by atoms with Crippen molar-refractivity contribution < 1.29 is 26.7 Å². The number of benzene rings is 2. The van der Waals surface area contributed by atoms with Crippen LogP contribution in [0.4, 0.5) is 8.78 Å². The van der Waals surface area contributed by atoms with E-state index in [0.717, 1.165) is 11.6 Å². The summed E-state index contributed by atoms with van der Waals surface area (Å²) in [6, 6.07) is 9.13. The third-order valence-electron chi connectivity index (χ3n) is 4.64. The van der Waals surface area contributed by atoms with Crippen molar-refractivity contribution in [3.8, 4) is 5.75 Å². The number of ether oxygens (including phenoxy) is 2. The van der Waals surface area contributed by atoms with E-state index in [0.29, 0.717) is 26.3 Å². The number of nitrogens with one attached hydrogen (secondary N) is 1. The van der Waals surface area contributed by atoms with Gasteiger partial charge in [-0.15, -0.1) is 0 Å². The monoisotopic (exact) mass is 412 g/mol. The Kier molecular flexibility index (Phi) is 6.61. The SMILES string of the molecule is COc1ccc(S(=O)(=O)NCC(c2ccc(F)cc2)N2CCOCC2)cc1F. The Hall–Kier alpha value is -2.07. The van der Waals surface area contributed by atoms with Crippen molar-refractivity contribution in [2.75, 3.05) is 40.0 Å². The lowest BCUT2D eigenvalue weighted by Crippen LogP contribution is -2.43. The molecule has 0 aromatic heterocycles. The maximum Gasteiger partial charge on any atom is 0.240 e. The van der Waals surface area contributed by atoms with Gasteiger partial charge in [-0.05, 0) is 35.9 Å². The number of nitrogens with zero attached hydrogens (tertiary/aromatic N) is 1. The lowest BCUT2D eigenvalue weighted by Gasteiger charge is -2.34. The van der Waals surface area contributed by atoms with Gasteiger partial charge < -0.3 is 9.47 Å². The zero-order valence-corrected chi connectivity index (χ0v) is 16.2. The molecule has 0 bridgehead atoms. The molecular weight excluding hydrogens is 390 g/mol. The van der Waals surface area contributed by atoms with Gasteiger partial charge in [0.05, 0.1) is 25.2 Å². The molecule has 28 heavy (non-hydrogen) atoms. The van der Waals surface area contributed by atoms with Crippen molar-refractivity contribution in [1.82, 2.24) is 9.62 Å². The molecule has 3 rings (SSSR count). The number of methoxy groups -OCH3 is 1. The molecule has 152 valence electrons. The number of hydrogen-bond acceptors (Lipinski definition) is 5. The Morgan fingerprint density at radius 1 is 1.14 bits per heavy atom. The molecule has 0 saturated carbocycles. The summed E-state index contributed by atoms with van der Waals surface area (Å²) in [6.07, 6.45) is 0. The molecule has 6 nitrogen and oxygen atoms in total. The second-order valence-corrected chi connectivity index (χ2v) is 8.13. The minimum atomic E-state index is -3.94. The lowest BCUT2D eigenvalue weighted by molar-refractivity contribution is 0.0172. The van der Waals surface area contributed by atoms with Gasteiger partial charge in [0.1, 0.15) is 5.82 Å². The van der Waals surface area contributed by atoms with Crippen molar-refractivity contribution in [3.05, 3.63) is 59.7 Å². The van der Waals surface area contributed by atoms with E-state index in [1.165, 1.54) is 31.4 Å². The van der Waals surface area contributed by atoms with Gasteiger partial charge >= 0.3 is 0 Å². The maximum absolute atomic E-state index is 13.9. The van der Waals surface area contributed by atoms with Crippen molar-refractivity contribution >= 4 is 10.0 Å². The molecule has 1 heterocycles. The quantitative estimate of drug-likeness (QED) is 0.756. The molecule has 2 aromatic carbocycles. The van der Waals surface area contributed by atoms with E-state index < -0.39 is 15.8 Å². The fourth-order valence-electron chi connectivity index (χ4n) is 3.12. The predicted octanol–water partition coefficient (Wildman–Crippen LogP) is 2.33.